The molecule has 0 unspecified atom stereocenters. The summed E-state index contributed by atoms with van der Waals surface area (Å²) in [4.78, 5) is 20.6. The van der Waals surface area contributed by atoms with E-state index in [1.54, 1.807) is 6.07 Å². The highest BCUT2D eigenvalue weighted by Crippen LogP contribution is 2.30. The second-order valence-corrected chi connectivity index (χ2v) is 12.5. The molecule has 2 fully saturated rings. The molecule has 4 heterocycles. The standard InChI is InChI=1S/C16H20N4.C11H15N.C6H15N.C5H6ClN3/c1-12-11-15(19-16(17)18-12)20-9-7-14(8-10-20)13-5-3-2-4-6-13;1-2-4-10(5-3-1)11-6-8-12-9-7-11;1-4-7(5-2)6-3;1-3-2-4(6)9-5(7)8-3/h2-6,11,14H,7-10H2,1H3,(H2,17,18,19);1-5,11-12H,6-9H2;4-6H2,1-3H3;2H,1H3,(H2,7,8,9). The van der Waals surface area contributed by atoms with Crippen molar-refractivity contribution in [3.8, 4) is 0 Å². The third kappa shape index (κ3) is 13.7. The minimum absolute atomic E-state index is 0.222. The van der Waals surface area contributed by atoms with Gasteiger partial charge >= 0.3 is 0 Å². The smallest absolute Gasteiger partial charge is 0.222 e. The molecule has 2 saturated heterocycles. The maximum atomic E-state index is 5.74. The summed E-state index contributed by atoms with van der Waals surface area (Å²) >= 11 is 5.52. The van der Waals surface area contributed by atoms with Crippen LogP contribution in [0.15, 0.2) is 72.8 Å². The van der Waals surface area contributed by atoms with Crippen molar-refractivity contribution in [3.63, 3.8) is 0 Å². The number of nitrogens with two attached hydrogens (primary N) is 2. The normalized spacial score (nSPS) is 14.9. The predicted molar refractivity (Wildman–Crippen MR) is 203 cm³/mol. The van der Waals surface area contributed by atoms with Gasteiger partial charge in [0, 0.05) is 30.5 Å². The minimum atomic E-state index is 0.222. The molecule has 0 radical (unpaired) electrons. The van der Waals surface area contributed by atoms with Gasteiger partial charge in [-0.1, -0.05) is 93.0 Å². The van der Waals surface area contributed by atoms with Gasteiger partial charge in [0.15, 0.2) is 0 Å². The summed E-state index contributed by atoms with van der Waals surface area (Å²) in [7, 11) is 0. The summed E-state index contributed by atoms with van der Waals surface area (Å²) in [6.07, 6.45) is 4.91. The Bertz CT molecular complexity index is 1360. The molecule has 260 valence electrons. The molecule has 10 heteroatoms. The number of hydrogen-bond acceptors (Lipinski definition) is 9. The van der Waals surface area contributed by atoms with Crippen LogP contribution in [0.4, 0.5) is 17.7 Å². The van der Waals surface area contributed by atoms with E-state index >= 15 is 0 Å². The largest absolute Gasteiger partial charge is 0.368 e. The van der Waals surface area contributed by atoms with E-state index in [1.165, 1.54) is 56.7 Å². The lowest BCUT2D eigenvalue weighted by Gasteiger charge is -2.33. The van der Waals surface area contributed by atoms with E-state index in [9.17, 15) is 0 Å². The Morgan fingerprint density at radius 1 is 0.688 bits per heavy atom. The Balaban J connectivity index is 0.000000190. The SMILES string of the molecule is CCN(CC)CC.Cc1cc(Cl)nc(N)n1.Cc1cc(N2CCC(c3ccccc3)CC2)nc(N)n1.c1ccc(C2CCNCC2)cc1. The summed E-state index contributed by atoms with van der Waals surface area (Å²) in [5.74, 6) is 3.01. The number of rotatable bonds is 6. The summed E-state index contributed by atoms with van der Waals surface area (Å²) in [5.41, 5.74) is 15.7. The number of nitrogens with one attached hydrogen (secondary N) is 1. The molecular formula is C38H56ClN9. The Labute approximate surface area is 293 Å². The number of benzene rings is 2. The molecule has 0 spiro atoms. The fraction of sp³-hybridized carbons (Fsp3) is 0.474. The van der Waals surface area contributed by atoms with Crippen LogP contribution in [0.2, 0.25) is 5.15 Å². The second-order valence-electron chi connectivity index (χ2n) is 12.1. The quantitative estimate of drug-likeness (QED) is 0.181. The first-order valence-electron chi connectivity index (χ1n) is 17.4. The van der Waals surface area contributed by atoms with E-state index < -0.39 is 0 Å². The van der Waals surface area contributed by atoms with Gasteiger partial charge in [-0.2, -0.15) is 4.98 Å². The molecule has 0 amide bonds. The number of hydrogen-bond donors (Lipinski definition) is 3. The number of nitrogen functional groups attached to an aromatic ring is 2. The maximum Gasteiger partial charge on any atom is 0.222 e. The molecular weight excluding hydrogens is 618 g/mol. The molecule has 4 aromatic rings. The van der Waals surface area contributed by atoms with Crippen molar-refractivity contribution in [3.05, 3.63) is 100 Å². The third-order valence-electron chi connectivity index (χ3n) is 8.74. The molecule has 0 aliphatic carbocycles. The van der Waals surface area contributed by atoms with E-state index in [4.69, 9.17) is 23.1 Å². The van der Waals surface area contributed by atoms with Crippen molar-refractivity contribution in [1.29, 1.82) is 0 Å². The van der Waals surface area contributed by atoms with E-state index in [0.29, 0.717) is 17.0 Å². The third-order valence-corrected chi connectivity index (χ3v) is 8.93. The molecule has 5 N–H and O–H groups in total. The molecule has 2 aromatic carbocycles. The number of piperidine rings is 2. The number of halogens is 1. The minimum Gasteiger partial charge on any atom is -0.368 e. The zero-order valence-corrected chi connectivity index (χ0v) is 30.3. The van der Waals surface area contributed by atoms with Crippen molar-refractivity contribution >= 4 is 29.3 Å². The fourth-order valence-corrected chi connectivity index (χ4v) is 6.25. The Kier molecular flexibility index (Phi) is 17.1. The summed E-state index contributed by atoms with van der Waals surface area (Å²) in [6.45, 7) is 18.3. The molecule has 6 rings (SSSR count). The van der Waals surface area contributed by atoms with Crippen LogP contribution in [0.1, 0.15) is 80.8 Å². The van der Waals surface area contributed by atoms with Crippen LogP contribution in [0.25, 0.3) is 0 Å². The Morgan fingerprint density at radius 3 is 1.56 bits per heavy atom. The molecule has 48 heavy (non-hydrogen) atoms. The van der Waals surface area contributed by atoms with Crippen LogP contribution in [0, 0.1) is 13.8 Å². The van der Waals surface area contributed by atoms with Gasteiger partial charge < -0.3 is 26.6 Å². The van der Waals surface area contributed by atoms with E-state index in [0.717, 1.165) is 49.1 Å². The fourth-order valence-electron chi connectivity index (χ4n) is 6.01. The van der Waals surface area contributed by atoms with Crippen molar-refractivity contribution < 1.29 is 0 Å². The monoisotopic (exact) mass is 673 g/mol. The topological polar surface area (TPSA) is 122 Å². The molecule has 9 nitrogen and oxygen atoms in total. The number of nitrogens with zero attached hydrogens (tertiary/aromatic N) is 6. The number of aromatic nitrogens is 4. The molecule has 0 atom stereocenters. The average molecular weight is 674 g/mol. The van der Waals surface area contributed by atoms with Gasteiger partial charge in [-0.3, -0.25) is 0 Å². The van der Waals surface area contributed by atoms with Gasteiger partial charge in [-0.15, -0.1) is 0 Å². The van der Waals surface area contributed by atoms with Crippen LogP contribution < -0.4 is 21.7 Å². The van der Waals surface area contributed by atoms with Crippen molar-refractivity contribution in [2.24, 2.45) is 0 Å². The van der Waals surface area contributed by atoms with Gasteiger partial charge in [-0.05, 0) is 101 Å². The summed E-state index contributed by atoms with van der Waals surface area (Å²) < 4.78 is 0. The van der Waals surface area contributed by atoms with Crippen LogP contribution >= 0.6 is 11.6 Å². The molecule has 2 aromatic heterocycles. The summed E-state index contributed by atoms with van der Waals surface area (Å²) in [6, 6.07) is 25.3. The highest BCUT2D eigenvalue weighted by molar-refractivity contribution is 6.29. The maximum absolute atomic E-state index is 5.74. The van der Waals surface area contributed by atoms with Gasteiger partial charge in [0.2, 0.25) is 11.9 Å². The van der Waals surface area contributed by atoms with Gasteiger partial charge in [-0.25, -0.2) is 15.0 Å². The highest BCUT2D eigenvalue weighted by atomic mass is 35.5. The van der Waals surface area contributed by atoms with Gasteiger partial charge in [0.1, 0.15) is 11.0 Å². The first kappa shape index (κ1) is 38.7. The molecule has 2 aliphatic rings. The summed E-state index contributed by atoms with van der Waals surface area (Å²) in [5, 5.41) is 3.77. The first-order valence-corrected chi connectivity index (χ1v) is 17.8. The van der Waals surface area contributed by atoms with Crippen molar-refractivity contribution in [2.75, 3.05) is 62.2 Å². The van der Waals surface area contributed by atoms with E-state index in [1.807, 2.05) is 19.9 Å². The lowest BCUT2D eigenvalue weighted by molar-refractivity contribution is 0.321. The van der Waals surface area contributed by atoms with Crippen LogP contribution in [-0.4, -0.2) is 70.6 Å². The van der Waals surface area contributed by atoms with Crippen molar-refractivity contribution in [1.82, 2.24) is 30.2 Å². The predicted octanol–water partition coefficient (Wildman–Crippen LogP) is 7.27. The average Bonchev–Trinajstić information content (AvgIpc) is 3.10. The Morgan fingerprint density at radius 2 is 1.15 bits per heavy atom. The van der Waals surface area contributed by atoms with E-state index in [2.05, 4.69) is 116 Å². The first-order chi connectivity index (χ1) is 23.2. The van der Waals surface area contributed by atoms with Gasteiger partial charge in [0.25, 0.3) is 0 Å². The lowest BCUT2D eigenvalue weighted by Crippen LogP contribution is -2.33. The Hall–Kier alpha value is -3.79. The molecule has 2 aliphatic heterocycles. The van der Waals surface area contributed by atoms with E-state index in [-0.39, 0.29) is 5.95 Å². The second kappa shape index (κ2) is 21.2. The van der Waals surface area contributed by atoms with Crippen LogP contribution in [0.5, 0.6) is 0 Å². The molecule has 0 saturated carbocycles. The zero-order chi connectivity index (χ0) is 34.7. The zero-order valence-electron chi connectivity index (χ0n) is 29.6. The highest BCUT2D eigenvalue weighted by Gasteiger charge is 2.21. The van der Waals surface area contributed by atoms with Gasteiger partial charge in [0.05, 0.1) is 0 Å². The number of anilines is 3. The van der Waals surface area contributed by atoms with Crippen molar-refractivity contribution in [2.45, 2.75) is 72.1 Å². The lowest BCUT2D eigenvalue weighted by atomic mass is 9.89. The van der Waals surface area contributed by atoms with Crippen LogP contribution in [0.3, 0.4) is 0 Å². The van der Waals surface area contributed by atoms with Crippen LogP contribution in [-0.2, 0) is 0 Å². The molecule has 0 bridgehead atoms. The number of aryl methyl sites for hydroxylation is 2.